The number of carbonyl (C=O) groups is 1. The van der Waals surface area contributed by atoms with Gasteiger partial charge >= 0.3 is 0 Å². The van der Waals surface area contributed by atoms with Gasteiger partial charge in [-0.05, 0) is 30.3 Å². The first-order chi connectivity index (χ1) is 9.06. The molecule has 2 aromatic carbocycles. The van der Waals surface area contributed by atoms with Crippen molar-refractivity contribution in [2.45, 2.75) is 4.90 Å². The second kappa shape index (κ2) is 5.84. The average Bonchev–Trinajstić information content (AvgIpc) is 2.36. The van der Waals surface area contributed by atoms with Gasteiger partial charge in [0.15, 0.2) is 5.78 Å². The van der Waals surface area contributed by atoms with Gasteiger partial charge in [-0.1, -0.05) is 6.07 Å². The molecule has 2 rings (SSSR count). The van der Waals surface area contributed by atoms with Crippen molar-refractivity contribution in [1.29, 1.82) is 0 Å². The van der Waals surface area contributed by atoms with Crippen molar-refractivity contribution in [3.05, 3.63) is 59.7 Å². The van der Waals surface area contributed by atoms with E-state index in [9.17, 15) is 18.7 Å². The molecular formula is C14H10F2O2S. The molecule has 2 nitrogen and oxygen atoms in total. The molecule has 5 heteroatoms. The third kappa shape index (κ3) is 3.54. The molecule has 0 amide bonds. The van der Waals surface area contributed by atoms with Crippen molar-refractivity contribution in [2.75, 3.05) is 5.75 Å². The quantitative estimate of drug-likeness (QED) is 0.686. The van der Waals surface area contributed by atoms with E-state index >= 15 is 0 Å². The van der Waals surface area contributed by atoms with Crippen LogP contribution in [0.3, 0.4) is 0 Å². The molecule has 0 radical (unpaired) electrons. The first kappa shape index (κ1) is 13.5. The molecule has 98 valence electrons. The van der Waals surface area contributed by atoms with E-state index in [0.717, 1.165) is 12.1 Å². The Bertz CT molecular complexity index is 614. The van der Waals surface area contributed by atoms with Crippen molar-refractivity contribution in [3.63, 3.8) is 0 Å². The minimum absolute atomic E-state index is 0.0198. The van der Waals surface area contributed by atoms with Gasteiger partial charge in [0.1, 0.15) is 17.4 Å². The molecule has 0 saturated heterocycles. The number of halogens is 2. The van der Waals surface area contributed by atoms with Crippen molar-refractivity contribution in [1.82, 2.24) is 0 Å². The average molecular weight is 280 g/mol. The minimum atomic E-state index is -0.860. The molecule has 0 unspecified atom stereocenters. The maximum atomic E-state index is 13.4. The summed E-state index contributed by atoms with van der Waals surface area (Å²) >= 11 is 1.18. The molecule has 0 aliphatic carbocycles. The Morgan fingerprint density at radius 3 is 2.63 bits per heavy atom. The van der Waals surface area contributed by atoms with Gasteiger partial charge in [-0.2, -0.15) is 0 Å². The second-order valence-corrected chi connectivity index (χ2v) is 4.88. The highest BCUT2D eigenvalue weighted by atomic mass is 32.2. The number of phenolic OH excluding ortho intramolecular Hbond substituents is 1. The van der Waals surface area contributed by atoms with Crippen LogP contribution in [0.1, 0.15) is 10.4 Å². The fourth-order valence-corrected chi connectivity index (χ4v) is 2.35. The Kier molecular flexibility index (Phi) is 4.16. The van der Waals surface area contributed by atoms with Gasteiger partial charge in [-0.25, -0.2) is 8.78 Å². The summed E-state index contributed by atoms with van der Waals surface area (Å²) in [7, 11) is 0. The van der Waals surface area contributed by atoms with Gasteiger partial charge in [0.25, 0.3) is 0 Å². The number of ketones is 1. The van der Waals surface area contributed by atoms with E-state index in [4.69, 9.17) is 0 Å². The first-order valence-corrected chi connectivity index (χ1v) is 6.45. The number of thioether (sulfide) groups is 1. The van der Waals surface area contributed by atoms with Crippen LogP contribution in [-0.2, 0) is 0 Å². The van der Waals surface area contributed by atoms with Crippen LogP contribution in [0, 0.1) is 11.6 Å². The highest BCUT2D eigenvalue weighted by Gasteiger charge is 2.12. The second-order valence-electron chi connectivity index (χ2n) is 3.83. The van der Waals surface area contributed by atoms with Crippen molar-refractivity contribution in [3.8, 4) is 5.75 Å². The summed E-state index contributed by atoms with van der Waals surface area (Å²) in [5.74, 6) is -1.88. The summed E-state index contributed by atoms with van der Waals surface area (Å²) in [4.78, 5) is 12.5. The van der Waals surface area contributed by atoms with Crippen molar-refractivity contribution in [2.24, 2.45) is 0 Å². The van der Waals surface area contributed by atoms with Crippen molar-refractivity contribution < 1.29 is 18.7 Å². The Hall–Kier alpha value is -1.88. The molecule has 0 aliphatic heterocycles. The summed E-state index contributed by atoms with van der Waals surface area (Å²) < 4.78 is 26.1. The van der Waals surface area contributed by atoms with E-state index in [-0.39, 0.29) is 17.1 Å². The Balaban J connectivity index is 2.05. The van der Waals surface area contributed by atoms with Crippen LogP contribution in [0.4, 0.5) is 8.78 Å². The zero-order valence-corrected chi connectivity index (χ0v) is 10.6. The van der Waals surface area contributed by atoms with Gasteiger partial charge in [-0.15, -0.1) is 11.8 Å². The number of phenols is 1. The topological polar surface area (TPSA) is 37.3 Å². The van der Waals surface area contributed by atoms with Crippen LogP contribution < -0.4 is 0 Å². The lowest BCUT2D eigenvalue weighted by Crippen LogP contribution is -2.05. The highest BCUT2D eigenvalue weighted by Crippen LogP contribution is 2.23. The number of hydrogen-bond donors (Lipinski definition) is 1. The lowest BCUT2D eigenvalue weighted by atomic mass is 10.1. The monoisotopic (exact) mass is 280 g/mol. The zero-order valence-electron chi connectivity index (χ0n) is 9.77. The molecule has 0 aliphatic rings. The number of rotatable bonds is 4. The Morgan fingerprint density at radius 2 is 1.95 bits per heavy atom. The van der Waals surface area contributed by atoms with Crippen LogP contribution in [0.15, 0.2) is 47.4 Å². The van der Waals surface area contributed by atoms with Crippen LogP contribution in [-0.4, -0.2) is 16.6 Å². The number of carbonyl (C=O) groups excluding carboxylic acids is 1. The number of aromatic hydroxyl groups is 1. The molecule has 0 heterocycles. The van der Waals surface area contributed by atoms with Crippen LogP contribution >= 0.6 is 11.8 Å². The maximum Gasteiger partial charge on any atom is 0.176 e. The van der Waals surface area contributed by atoms with Crippen LogP contribution in [0.25, 0.3) is 0 Å². The fraction of sp³-hybridized carbons (Fsp3) is 0.0714. The zero-order chi connectivity index (χ0) is 13.8. The summed E-state index contributed by atoms with van der Waals surface area (Å²) in [6.07, 6.45) is 0. The molecule has 0 saturated carbocycles. The number of benzene rings is 2. The number of hydrogen-bond acceptors (Lipinski definition) is 3. The standard InChI is InChI=1S/C14H10F2O2S/c15-9-4-5-12(13(16)6-9)14(18)8-19-11-3-1-2-10(17)7-11/h1-7,17H,8H2. The van der Waals surface area contributed by atoms with Crippen molar-refractivity contribution >= 4 is 17.5 Å². The minimum Gasteiger partial charge on any atom is -0.508 e. The summed E-state index contributed by atoms with van der Waals surface area (Å²) in [6.45, 7) is 0. The molecule has 2 aromatic rings. The van der Waals surface area contributed by atoms with E-state index in [0.29, 0.717) is 11.0 Å². The van der Waals surface area contributed by atoms with Gasteiger partial charge in [0.05, 0.1) is 11.3 Å². The predicted octanol–water partition coefficient (Wildman–Crippen LogP) is 3.65. The molecule has 0 aromatic heterocycles. The van der Waals surface area contributed by atoms with E-state index in [2.05, 4.69) is 0 Å². The molecule has 0 atom stereocenters. The lowest BCUT2D eigenvalue weighted by molar-refractivity contribution is 0.101. The largest absolute Gasteiger partial charge is 0.508 e. The smallest absolute Gasteiger partial charge is 0.176 e. The van der Waals surface area contributed by atoms with Gasteiger partial charge in [-0.3, -0.25) is 4.79 Å². The Morgan fingerprint density at radius 1 is 1.16 bits per heavy atom. The highest BCUT2D eigenvalue weighted by molar-refractivity contribution is 8.00. The molecule has 0 spiro atoms. The molecule has 1 N–H and O–H groups in total. The third-order valence-corrected chi connectivity index (χ3v) is 3.41. The third-order valence-electron chi connectivity index (χ3n) is 2.42. The van der Waals surface area contributed by atoms with E-state index in [1.54, 1.807) is 12.1 Å². The van der Waals surface area contributed by atoms with E-state index < -0.39 is 17.4 Å². The summed E-state index contributed by atoms with van der Waals surface area (Å²) in [6, 6.07) is 9.29. The normalized spacial score (nSPS) is 10.4. The molecule has 19 heavy (non-hydrogen) atoms. The lowest BCUT2D eigenvalue weighted by Gasteiger charge is -2.03. The number of Topliss-reactive ketones (excluding diaryl/α,β-unsaturated/α-hetero) is 1. The predicted molar refractivity (Wildman–Crippen MR) is 69.5 cm³/mol. The van der Waals surface area contributed by atoms with Gasteiger partial charge < -0.3 is 5.11 Å². The van der Waals surface area contributed by atoms with E-state index in [1.165, 1.54) is 23.9 Å². The van der Waals surface area contributed by atoms with Crippen LogP contribution in [0.5, 0.6) is 5.75 Å². The van der Waals surface area contributed by atoms with Crippen LogP contribution in [0.2, 0.25) is 0 Å². The molecular weight excluding hydrogens is 270 g/mol. The summed E-state index contributed by atoms with van der Waals surface area (Å²) in [5.41, 5.74) is -0.131. The van der Waals surface area contributed by atoms with E-state index in [1.807, 2.05) is 0 Å². The summed E-state index contributed by atoms with van der Waals surface area (Å²) in [5, 5.41) is 9.27. The maximum absolute atomic E-state index is 13.4. The molecule has 0 bridgehead atoms. The first-order valence-electron chi connectivity index (χ1n) is 5.46. The van der Waals surface area contributed by atoms with Gasteiger partial charge in [0, 0.05) is 11.0 Å². The Labute approximate surface area is 113 Å². The molecule has 0 fully saturated rings. The van der Waals surface area contributed by atoms with Gasteiger partial charge in [0.2, 0.25) is 0 Å². The fourth-order valence-electron chi connectivity index (χ4n) is 1.52. The SMILES string of the molecule is O=C(CSc1cccc(O)c1)c1ccc(F)cc1F.